The fourth-order valence-corrected chi connectivity index (χ4v) is 5.20. The summed E-state index contributed by atoms with van der Waals surface area (Å²) < 4.78 is 27.6. The Bertz CT molecular complexity index is 605. The van der Waals surface area contributed by atoms with E-state index in [1.54, 1.807) is 10.4 Å². The number of sulfonamides is 1. The molecule has 2 aliphatic rings. The topological polar surface area (TPSA) is 49.4 Å². The Kier molecular flexibility index (Phi) is 4.33. The standard InChI is InChI=1S/C16H24N2O2S/c1-2-13-7-10-18(11-8-13)21(19,20)16-5-3-4-14-12-17-9-6-15(14)16/h3-5,13,17H,2,6-12H2,1H3. The van der Waals surface area contributed by atoms with E-state index in [-0.39, 0.29) is 0 Å². The maximum Gasteiger partial charge on any atom is 0.243 e. The lowest BCUT2D eigenvalue weighted by molar-refractivity contribution is 0.269. The lowest BCUT2D eigenvalue weighted by Gasteiger charge is -2.32. The number of fused-ring (bicyclic) bond motifs is 1. The molecular weight excluding hydrogens is 284 g/mol. The molecule has 3 rings (SSSR count). The molecule has 0 bridgehead atoms. The first kappa shape index (κ1) is 15.0. The van der Waals surface area contributed by atoms with Gasteiger partial charge in [0.1, 0.15) is 0 Å². The van der Waals surface area contributed by atoms with Crippen LogP contribution in [-0.2, 0) is 23.0 Å². The van der Waals surface area contributed by atoms with Crippen LogP contribution in [0.1, 0.15) is 37.3 Å². The second-order valence-electron chi connectivity index (χ2n) is 6.08. The molecule has 1 saturated heterocycles. The summed E-state index contributed by atoms with van der Waals surface area (Å²) in [6.07, 6.45) is 3.94. The van der Waals surface area contributed by atoms with E-state index in [0.29, 0.717) is 23.9 Å². The van der Waals surface area contributed by atoms with Crippen LogP contribution in [0.15, 0.2) is 23.1 Å². The predicted octanol–water partition coefficient (Wildman–Crippen LogP) is 2.14. The maximum absolute atomic E-state index is 13.0. The van der Waals surface area contributed by atoms with Crippen molar-refractivity contribution >= 4 is 10.0 Å². The molecule has 2 heterocycles. The van der Waals surface area contributed by atoms with Crippen LogP contribution >= 0.6 is 0 Å². The van der Waals surface area contributed by atoms with Gasteiger partial charge in [-0.2, -0.15) is 4.31 Å². The largest absolute Gasteiger partial charge is 0.312 e. The SMILES string of the molecule is CCC1CCN(S(=O)(=O)c2cccc3c2CCNC3)CC1. The Morgan fingerprint density at radius 1 is 1.29 bits per heavy atom. The highest BCUT2D eigenvalue weighted by atomic mass is 32.2. The van der Waals surface area contributed by atoms with Crippen LogP contribution in [-0.4, -0.2) is 32.4 Å². The Labute approximate surface area is 127 Å². The molecule has 5 heteroatoms. The highest BCUT2D eigenvalue weighted by Gasteiger charge is 2.31. The van der Waals surface area contributed by atoms with Gasteiger partial charge in [-0.1, -0.05) is 25.5 Å². The van der Waals surface area contributed by atoms with Crippen molar-refractivity contribution < 1.29 is 8.42 Å². The van der Waals surface area contributed by atoms with Gasteiger partial charge in [0.25, 0.3) is 0 Å². The van der Waals surface area contributed by atoms with Crippen LogP contribution in [0.25, 0.3) is 0 Å². The second-order valence-corrected chi connectivity index (χ2v) is 7.98. The van der Waals surface area contributed by atoms with E-state index in [2.05, 4.69) is 12.2 Å². The van der Waals surface area contributed by atoms with Gasteiger partial charge in [0.05, 0.1) is 4.90 Å². The molecule has 116 valence electrons. The molecule has 0 radical (unpaired) electrons. The van der Waals surface area contributed by atoms with Gasteiger partial charge in [-0.25, -0.2) is 8.42 Å². The van der Waals surface area contributed by atoms with Crippen LogP contribution in [0.4, 0.5) is 0 Å². The number of hydrogen-bond donors (Lipinski definition) is 1. The molecular formula is C16H24N2O2S. The van der Waals surface area contributed by atoms with E-state index in [1.165, 1.54) is 0 Å². The number of piperidine rings is 1. The third-order valence-corrected chi connectivity index (χ3v) is 6.85. The van der Waals surface area contributed by atoms with Gasteiger partial charge < -0.3 is 5.32 Å². The van der Waals surface area contributed by atoms with Crippen LogP contribution < -0.4 is 5.32 Å². The van der Waals surface area contributed by atoms with Gasteiger partial charge in [0, 0.05) is 19.6 Å². The normalized spacial score (nSPS) is 21.2. The first-order valence-electron chi connectivity index (χ1n) is 7.94. The van der Waals surface area contributed by atoms with Crippen molar-refractivity contribution in [1.29, 1.82) is 0 Å². The molecule has 0 amide bonds. The van der Waals surface area contributed by atoms with Crippen molar-refractivity contribution in [3.8, 4) is 0 Å². The summed E-state index contributed by atoms with van der Waals surface area (Å²) in [5, 5.41) is 3.30. The molecule has 0 atom stereocenters. The van der Waals surface area contributed by atoms with Gasteiger partial charge in [0.2, 0.25) is 10.0 Å². The van der Waals surface area contributed by atoms with Gasteiger partial charge in [-0.3, -0.25) is 0 Å². The maximum atomic E-state index is 13.0. The molecule has 21 heavy (non-hydrogen) atoms. The highest BCUT2D eigenvalue weighted by Crippen LogP contribution is 2.29. The van der Waals surface area contributed by atoms with Gasteiger partial charge in [-0.15, -0.1) is 0 Å². The van der Waals surface area contributed by atoms with E-state index in [0.717, 1.165) is 49.9 Å². The zero-order chi connectivity index (χ0) is 14.9. The summed E-state index contributed by atoms with van der Waals surface area (Å²) >= 11 is 0. The van der Waals surface area contributed by atoms with Crippen molar-refractivity contribution in [2.75, 3.05) is 19.6 Å². The fraction of sp³-hybridized carbons (Fsp3) is 0.625. The Balaban J connectivity index is 1.89. The second kappa shape index (κ2) is 6.07. The molecule has 0 saturated carbocycles. The summed E-state index contributed by atoms with van der Waals surface area (Å²) in [4.78, 5) is 0.538. The average molecular weight is 308 g/mol. The van der Waals surface area contributed by atoms with Crippen LogP contribution in [0.5, 0.6) is 0 Å². The van der Waals surface area contributed by atoms with E-state index in [4.69, 9.17) is 0 Å². The fourth-order valence-electron chi connectivity index (χ4n) is 3.44. The summed E-state index contributed by atoms with van der Waals surface area (Å²) in [7, 11) is -3.33. The molecule has 1 aromatic rings. The first-order valence-corrected chi connectivity index (χ1v) is 9.38. The Hall–Kier alpha value is -0.910. The average Bonchev–Trinajstić information content (AvgIpc) is 2.54. The number of nitrogens with zero attached hydrogens (tertiary/aromatic N) is 1. The first-order chi connectivity index (χ1) is 10.1. The van der Waals surface area contributed by atoms with Crippen LogP contribution in [0.3, 0.4) is 0 Å². The lowest BCUT2D eigenvalue weighted by Crippen LogP contribution is -2.39. The van der Waals surface area contributed by atoms with E-state index in [9.17, 15) is 8.42 Å². The quantitative estimate of drug-likeness (QED) is 0.931. The number of rotatable bonds is 3. The zero-order valence-corrected chi connectivity index (χ0v) is 13.5. The summed E-state index contributed by atoms with van der Waals surface area (Å²) in [6.45, 7) is 5.16. The summed E-state index contributed by atoms with van der Waals surface area (Å²) in [5.41, 5.74) is 2.15. The van der Waals surface area contributed by atoms with Crippen molar-refractivity contribution in [3.63, 3.8) is 0 Å². The summed E-state index contributed by atoms with van der Waals surface area (Å²) in [5.74, 6) is 0.685. The van der Waals surface area contributed by atoms with Gasteiger partial charge in [-0.05, 0) is 48.9 Å². The van der Waals surface area contributed by atoms with E-state index < -0.39 is 10.0 Å². The highest BCUT2D eigenvalue weighted by molar-refractivity contribution is 7.89. The molecule has 2 aliphatic heterocycles. The predicted molar refractivity (Wildman–Crippen MR) is 83.6 cm³/mol. The number of benzene rings is 1. The molecule has 0 aliphatic carbocycles. The van der Waals surface area contributed by atoms with Crippen molar-refractivity contribution in [2.45, 2.75) is 44.0 Å². The molecule has 1 N–H and O–H groups in total. The number of hydrogen-bond acceptors (Lipinski definition) is 3. The van der Waals surface area contributed by atoms with Gasteiger partial charge in [0.15, 0.2) is 0 Å². The van der Waals surface area contributed by atoms with Crippen LogP contribution in [0.2, 0.25) is 0 Å². The molecule has 0 unspecified atom stereocenters. The van der Waals surface area contributed by atoms with E-state index in [1.807, 2.05) is 12.1 Å². The van der Waals surface area contributed by atoms with Gasteiger partial charge >= 0.3 is 0 Å². The molecule has 1 aromatic carbocycles. The lowest BCUT2D eigenvalue weighted by atomic mass is 9.96. The molecule has 1 fully saturated rings. The minimum Gasteiger partial charge on any atom is -0.312 e. The van der Waals surface area contributed by atoms with Crippen molar-refractivity contribution in [1.82, 2.24) is 9.62 Å². The van der Waals surface area contributed by atoms with Crippen molar-refractivity contribution in [3.05, 3.63) is 29.3 Å². The molecule has 0 spiro atoms. The zero-order valence-electron chi connectivity index (χ0n) is 12.6. The Morgan fingerprint density at radius 2 is 2.05 bits per heavy atom. The minimum absolute atomic E-state index is 0.538. The minimum atomic E-state index is -3.33. The molecule has 4 nitrogen and oxygen atoms in total. The summed E-state index contributed by atoms with van der Waals surface area (Å²) in [6, 6.07) is 5.69. The third kappa shape index (κ3) is 2.87. The van der Waals surface area contributed by atoms with Crippen molar-refractivity contribution in [2.24, 2.45) is 5.92 Å². The number of nitrogens with one attached hydrogen (secondary N) is 1. The van der Waals surface area contributed by atoms with E-state index >= 15 is 0 Å². The van der Waals surface area contributed by atoms with Crippen LogP contribution in [0, 0.1) is 5.92 Å². The molecule has 0 aromatic heterocycles. The Morgan fingerprint density at radius 3 is 2.76 bits per heavy atom. The smallest absolute Gasteiger partial charge is 0.243 e. The monoisotopic (exact) mass is 308 g/mol. The third-order valence-electron chi connectivity index (χ3n) is 4.87.